The van der Waals surface area contributed by atoms with E-state index in [1.807, 2.05) is 0 Å². The minimum atomic E-state index is -4.39. The van der Waals surface area contributed by atoms with Crippen molar-refractivity contribution in [1.29, 1.82) is 0 Å². The number of benzene rings is 2. The Morgan fingerprint density at radius 3 is 2.29 bits per heavy atom. The van der Waals surface area contributed by atoms with Crippen LogP contribution < -0.4 is 9.47 Å². The maximum absolute atomic E-state index is 12.5. The van der Waals surface area contributed by atoms with Gasteiger partial charge >= 0.3 is 12.1 Å². The summed E-state index contributed by atoms with van der Waals surface area (Å²) >= 11 is 0. The molecule has 0 amide bonds. The topological polar surface area (TPSA) is 55.8 Å². The standard InChI is InChI=1S/C17H15F3O4/c18-17(19,20)12-6-8-13(9-7-12)24-15-4-1-3-14(11-15)23-10-2-5-16(21)22/h1,3-4,6-9,11H,2,5,10H2,(H,21,22). The molecule has 0 aliphatic rings. The van der Waals surface area contributed by atoms with Gasteiger partial charge in [-0.3, -0.25) is 4.79 Å². The molecule has 0 saturated carbocycles. The van der Waals surface area contributed by atoms with Crippen LogP contribution in [0.1, 0.15) is 18.4 Å². The summed E-state index contributed by atoms with van der Waals surface area (Å²) in [5.74, 6) is 0.277. The summed E-state index contributed by atoms with van der Waals surface area (Å²) in [6, 6.07) is 10.9. The fourth-order valence-electron chi connectivity index (χ4n) is 1.89. The van der Waals surface area contributed by atoms with Gasteiger partial charge in [-0.1, -0.05) is 6.07 Å². The van der Waals surface area contributed by atoms with E-state index >= 15 is 0 Å². The van der Waals surface area contributed by atoms with Crippen LogP contribution in [0.5, 0.6) is 17.2 Å². The normalized spacial score (nSPS) is 11.1. The molecular weight excluding hydrogens is 325 g/mol. The molecule has 0 heterocycles. The number of carboxylic acids is 1. The summed E-state index contributed by atoms with van der Waals surface area (Å²) in [5.41, 5.74) is -0.745. The van der Waals surface area contributed by atoms with Gasteiger partial charge in [-0.05, 0) is 42.8 Å². The van der Waals surface area contributed by atoms with Gasteiger partial charge in [0.2, 0.25) is 0 Å². The first-order chi connectivity index (χ1) is 11.3. The van der Waals surface area contributed by atoms with Crippen molar-refractivity contribution in [3.05, 3.63) is 54.1 Å². The highest BCUT2D eigenvalue weighted by atomic mass is 19.4. The highest BCUT2D eigenvalue weighted by Gasteiger charge is 2.30. The highest BCUT2D eigenvalue weighted by Crippen LogP contribution is 2.32. The van der Waals surface area contributed by atoms with Crippen molar-refractivity contribution in [2.24, 2.45) is 0 Å². The van der Waals surface area contributed by atoms with Crippen molar-refractivity contribution in [1.82, 2.24) is 0 Å². The van der Waals surface area contributed by atoms with Crippen molar-refractivity contribution >= 4 is 5.97 Å². The van der Waals surface area contributed by atoms with Gasteiger partial charge in [-0.2, -0.15) is 13.2 Å². The fourth-order valence-corrected chi connectivity index (χ4v) is 1.89. The minimum Gasteiger partial charge on any atom is -0.493 e. The Hall–Kier alpha value is -2.70. The van der Waals surface area contributed by atoms with Gasteiger partial charge in [0.15, 0.2) is 0 Å². The van der Waals surface area contributed by atoms with E-state index < -0.39 is 17.7 Å². The third-order valence-corrected chi connectivity index (χ3v) is 3.03. The summed E-state index contributed by atoms with van der Waals surface area (Å²) in [4.78, 5) is 10.4. The lowest BCUT2D eigenvalue weighted by molar-refractivity contribution is -0.138. The average molecular weight is 340 g/mol. The Labute approximate surface area is 136 Å². The molecule has 0 spiro atoms. The number of halogens is 3. The lowest BCUT2D eigenvalue weighted by Crippen LogP contribution is -2.04. The van der Waals surface area contributed by atoms with Crippen LogP contribution in [0.4, 0.5) is 13.2 Å². The Morgan fingerprint density at radius 1 is 1.00 bits per heavy atom. The van der Waals surface area contributed by atoms with Crippen molar-refractivity contribution in [3.8, 4) is 17.2 Å². The van der Waals surface area contributed by atoms with Crippen LogP contribution in [0.25, 0.3) is 0 Å². The van der Waals surface area contributed by atoms with E-state index in [-0.39, 0.29) is 18.8 Å². The molecule has 0 unspecified atom stereocenters. The first-order valence-electron chi connectivity index (χ1n) is 7.14. The number of carboxylic acid groups (broad SMARTS) is 1. The molecule has 0 aliphatic heterocycles. The smallest absolute Gasteiger partial charge is 0.416 e. The first kappa shape index (κ1) is 17.7. The molecule has 4 nitrogen and oxygen atoms in total. The van der Waals surface area contributed by atoms with Crippen LogP contribution in [0.3, 0.4) is 0 Å². The fraction of sp³-hybridized carbons (Fsp3) is 0.235. The second-order valence-corrected chi connectivity index (χ2v) is 4.94. The van der Waals surface area contributed by atoms with Crippen LogP contribution in [0.2, 0.25) is 0 Å². The van der Waals surface area contributed by atoms with Crippen LogP contribution in [-0.2, 0) is 11.0 Å². The van der Waals surface area contributed by atoms with Crippen LogP contribution in [0.15, 0.2) is 48.5 Å². The maximum Gasteiger partial charge on any atom is 0.416 e. The SMILES string of the molecule is O=C(O)CCCOc1cccc(Oc2ccc(C(F)(F)F)cc2)c1. The minimum absolute atomic E-state index is 0.0156. The van der Waals surface area contributed by atoms with Crippen molar-refractivity contribution in [3.63, 3.8) is 0 Å². The summed E-state index contributed by atoms with van der Waals surface area (Å²) in [7, 11) is 0. The second-order valence-electron chi connectivity index (χ2n) is 4.94. The number of ether oxygens (including phenoxy) is 2. The average Bonchev–Trinajstić information content (AvgIpc) is 2.51. The molecule has 0 saturated heterocycles. The molecule has 0 aromatic heterocycles. The van der Waals surface area contributed by atoms with E-state index in [1.54, 1.807) is 24.3 Å². The molecule has 2 aromatic rings. The van der Waals surface area contributed by atoms with Gasteiger partial charge in [-0.25, -0.2) is 0 Å². The Morgan fingerprint density at radius 2 is 1.67 bits per heavy atom. The van der Waals surface area contributed by atoms with Gasteiger partial charge in [0.1, 0.15) is 17.2 Å². The number of hydrogen-bond acceptors (Lipinski definition) is 3. The van der Waals surface area contributed by atoms with Crippen molar-refractivity contribution in [2.75, 3.05) is 6.61 Å². The van der Waals surface area contributed by atoms with Crippen LogP contribution in [0, 0.1) is 0 Å². The van der Waals surface area contributed by atoms with E-state index in [4.69, 9.17) is 14.6 Å². The predicted molar refractivity (Wildman–Crippen MR) is 80.3 cm³/mol. The number of hydrogen-bond donors (Lipinski definition) is 1. The van der Waals surface area contributed by atoms with E-state index in [1.165, 1.54) is 12.1 Å². The van der Waals surface area contributed by atoms with Crippen molar-refractivity contribution < 1.29 is 32.5 Å². The molecule has 0 bridgehead atoms. The van der Waals surface area contributed by atoms with E-state index in [2.05, 4.69) is 0 Å². The van der Waals surface area contributed by atoms with Gasteiger partial charge < -0.3 is 14.6 Å². The molecule has 0 aliphatic carbocycles. The first-order valence-corrected chi connectivity index (χ1v) is 7.14. The second kappa shape index (κ2) is 7.72. The zero-order valence-electron chi connectivity index (χ0n) is 12.5. The molecule has 0 atom stereocenters. The number of alkyl halides is 3. The monoisotopic (exact) mass is 340 g/mol. The number of carbonyl (C=O) groups is 1. The number of rotatable bonds is 7. The molecule has 0 fully saturated rings. The number of aliphatic carboxylic acids is 1. The maximum atomic E-state index is 12.5. The van der Waals surface area contributed by atoms with E-state index in [9.17, 15) is 18.0 Å². The molecule has 2 aromatic carbocycles. The Bertz CT molecular complexity index is 681. The third kappa shape index (κ3) is 5.49. The summed E-state index contributed by atoms with van der Waals surface area (Å²) in [5, 5.41) is 8.54. The highest BCUT2D eigenvalue weighted by molar-refractivity contribution is 5.66. The van der Waals surface area contributed by atoms with E-state index in [0.717, 1.165) is 12.1 Å². The largest absolute Gasteiger partial charge is 0.493 e. The zero-order chi connectivity index (χ0) is 17.6. The molecule has 2 rings (SSSR count). The van der Waals surface area contributed by atoms with Crippen molar-refractivity contribution in [2.45, 2.75) is 19.0 Å². The molecule has 24 heavy (non-hydrogen) atoms. The quantitative estimate of drug-likeness (QED) is 0.740. The molecule has 0 radical (unpaired) electrons. The van der Waals surface area contributed by atoms with Gasteiger partial charge in [-0.15, -0.1) is 0 Å². The van der Waals surface area contributed by atoms with E-state index in [0.29, 0.717) is 17.9 Å². The third-order valence-electron chi connectivity index (χ3n) is 3.03. The van der Waals surface area contributed by atoms with Gasteiger partial charge in [0.05, 0.1) is 12.2 Å². The molecule has 128 valence electrons. The summed E-state index contributed by atoms with van der Waals surface area (Å²) in [6.45, 7) is 0.246. The van der Waals surface area contributed by atoms with Gasteiger partial charge in [0, 0.05) is 12.5 Å². The molecule has 7 heteroatoms. The summed E-state index contributed by atoms with van der Waals surface area (Å²) in [6.07, 6.45) is -4.00. The van der Waals surface area contributed by atoms with Crippen LogP contribution in [-0.4, -0.2) is 17.7 Å². The Kier molecular flexibility index (Phi) is 5.68. The molecule has 1 N–H and O–H groups in total. The Balaban J connectivity index is 1.95. The van der Waals surface area contributed by atoms with Gasteiger partial charge in [0.25, 0.3) is 0 Å². The summed E-state index contributed by atoms with van der Waals surface area (Å²) < 4.78 is 48.4. The molecular formula is C17H15F3O4. The zero-order valence-corrected chi connectivity index (χ0v) is 12.5. The lowest BCUT2D eigenvalue weighted by atomic mass is 10.2. The lowest BCUT2D eigenvalue weighted by Gasteiger charge is -2.10. The van der Waals surface area contributed by atoms with Crippen LogP contribution >= 0.6 is 0 Å². The predicted octanol–water partition coefficient (Wildman–Crippen LogP) is 4.74.